The van der Waals surface area contributed by atoms with Gasteiger partial charge in [-0.3, -0.25) is 0 Å². The topological polar surface area (TPSA) is 21.3 Å². The van der Waals surface area contributed by atoms with E-state index in [9.17, 15) is 0 Å². The molecule has 0 aromatic heterocycles. The summed E-state index contributed by atoms with van der Waals surface area (Å²) in [7, 11) is 0. The molecule has 0 aliphatic carbocycles. The number of ether oxygens (including phenoxy) is 1. The van der Waals surface area contributed by atoms with E-state index in [0.717, 1.165) is 18.7 Å². The molecule has 0 saturated heterocycles. The lowest BCUT2D eigenvalue weighted by Gasteiger charge is -1.89. The van der Waals surface area contributed by atoms with E-state index in [1.807, 2.05) is 0 Å². The summed E-state index contributed by atoms with van der Waals surface area (Å²) >= 11 is 3.82. The van der Waals surface area contributed by atoms with E-state index in [1.54, 1.807) is 6.26 Å². The number of nitrogens with one attached hydrogen (secondary N) is 1. The van der Waals surface area contributed by atoms with Crippen LogP contribution in [0.1, 0.15) is 6.42 Å². The Balaban J connectivity index is 2.36. The van der Waals surface area contributed by atoms with E-state index in [2.05, 4.69) is 17.5 Å². The molecule has 1 aliphatic heterocycles. The van der Waals surface area contributed by atoms with Crippen molar-refractivity contribution in [3.63, 3.8) is 0 Å². The molecular formula is C4H7NOS. The molecule has 0 unspecified atom stereocenters. The van der Waals surface area contributed by atoms with E-state index in [0.29, 0.717) is 0 Å². The summed E-state index contributed by atoms with van der Waals surface area (Å²) in [6.45, 7) is 0.795. The van der Waals surface area contributed by atoms with Crippen molar-refractivity contribution in [2.75, 3.05) is 6.61 Å². The summed E-state index contributed by atoms with van der Waals surface area (Å²) in [5.41, 5.74) is 1.06. The molecule has 1 rings (SSSR count). The van der Waals surface area contributed by atoms with E-state index in [-0.39, 0.29) is 0 Å². The van der Waals surface area contributed by atoms with Crippen molar-refractivity contribution in [3.05, 3.63) is 12.0 Å². The van der Waals surface area contributed by atoms with Crippen molar-refractivity contribution in [3.8, 4) is 0 Å². The zero-order valence-corrected chi connectivity index (χ0v) is 4.74. The summed E-state index contributed by atoms with van der Waals surface area (Å²) < 4.78 is 7.57. The third-order valence-electron chi connectivity index (χ3n) is 0.858. The van der Waals surface area contributed by atoms with Crippen molar-refractivity contribution in [2.24, 2.45) is 0 Å². The zero-order chi connectivity index (χ0) is 5.11. The average Bonchev–Trinajstić information content (AvgIpc) is 2.14. The minimum Gasteiger partial charge on any atom is -0.499 e. The highest BCUT2D eigenvalue weighted by molar-refractivity contribution is 7.78. The lowest BCUT2D eigenvalue weighted by Crippen LogP contribution is -1.94. The Hall–Kier alpha value is -0.310. The highest BCUT2D eigenvalue weighted by atomic mass is 32.1. The Morgan fingerprint density at radius 2 is 2.71 bits per heavy atom. The van der Waals surface area contributed by atoms with Crippen molar-refractivity contribution < 1.29 is 4.74 Å². The molecule has 0 amide bonds. The third-order valence-corrected chi connectivity index (χ3v) is 1.15. The molecular weight excluding hydrogens is 110 g/mol. The molecule has 0 bridgehead atoms. The van der Waals surface area contributed by atoms with Gasteiger partial charge in [0.05, 0.1) is 12.3 Å². The normalized spacial score (nSPS) is 18.1. The standard InChI is InChI=1S/C4H7NOS/c7-5-4-1-2-6-3-4/h3,5,7H,1-2H2. The summed E-state index contributed by atoms with van der Waals surface area (Å²) in [5.74, 6) is 0. The first kappa shape index (κ1) is 4.84. The second kappa shape index (κ2) is 2.12. The first-order valence-electron chi connectivity index (χ1n) is 2.14. The van der Waals surface area contributed by atoms with Gasteiger partial charge in [-0.25, -0.2) is 0 Å². The van der Waals surface area contributed by atoms with Gasteiger partial charge >= 0.3 is 0 Å². The van der Waals surface area contributed by atoms with Gasteiger partial charge in [-0.2, -0.15) is 0 Å². The average molecular weight is 117 g/mol. The molecule has 0 aromatic rings. The van der Waals surface area contributed by atoms with Crippen molar-refractivity contribution in [1.29, 1.82) is 0 Å². The smallest absolute Gasteiger partial charge is 0.103 e. The predicted molar refractivity (Wildman–Crippen MR) is 30.8 cm³/mol. The summed E-state index contributed by atoms with van der Waals surface area (Å²) in [4.78, 5) is 0. The second-order valence-corrected chi connectivity index (χ2v) is 1.60. The Kier molecular flexibility index (Phi) is 1.46. The van der Waals surface area contributed by atoms with Crippen LogP contribution < -0.4 is 4.72 Å². The third kappa shape index (κ3) is 1.03. The van der Waals surface area contributed by atoms with Crippen molar-refractivity contribution >= 4 is 12.8 Å². The molecule has 7 heavy (non-hydrogen) atoms. The van der Waals surface area contributed by atoms with Gasteiger partial charge < -0.3 is 9.46 Å². The maximum atomic E-state index is 4.87. The Bertz CT molecular complexity index is 91.7. The quantitative estimate of drug-likeness (QED) is 0.493. The van der Waals surface area contributed by atoms with Gasteiger partial charge in [0.1, 0.15) is 6.26 Å². The van der Waals surface area contributed by atoms with E-state index >= 15 is 0 Å². The van der Waals surface area contributed by atoms with Crippen LogP contribution in [0.3, 0.4) is 0 Å². The SMILES string of the molecule is SNC1=COCC1. The fraction of sp³-hybridized carbons (Fsp3) is 0.500. The zero-order valence-electron chi connectivity index (χ0n) is 3.85. The molecule has 1 aliphatic rings. The highest BCUT2D eigenvalue weighted by Crippen LogP contribution is 2.05. The van der Waals surface area contributed by atoms with Crippen molar-refractivity contribution in [1.82, 2.24) is 4.72 Å². The summed E-state index contributed by atoms with van der Waals surface area (Å²) in [6.07, 6.45) is 2.65. The van der Waals surface area contributed by atoms with Gasteiger partial charge in [0.2, 0.25) is 0 Å². The Morgan fingerprint density at radius 3 is 3.00 bits per heavy atom. The molecule has 2 nitrogen and oxygen atoms in total. The highest BCUT2D eigenvalue weighted by Gasteiger charge is 2.00. The molecule has 3 heteroatoms. The van der Waals surface area contributed by atoms with Crippen LogP contribution in [-0.2, 0) is 4.74 Å². The van der Waals surface area contributed by atoms with Crippen LogP contribution in [0.25, 0.3) is 0 Å². The number of hydrogen-bond donors (Lipinski definition) is 2. The molecule has 0 fully saturated rings. The lowest BCUT2D eigenvalue weighted by molar-refractivity contribution is 0.281. The van der Waals surface area contributed by atoms with E-state index < -0.39 is 0 Å². The Morgan fingerprint density at radius 1 is 1.86 bits per heavy atom. The van der Waals surface area contributed by atoms with Gasteiger partial charge in [-0.1, -0.05) is 12.8 Å². The van der Waals surface area contributed by atoms with Gasteiger partial charge in [0.25, 0.3) is 0 Å². The first-order valence-corrected chi connectivity index (χ1v) is 2.59. The number of thiol groups is 1. The van der Waals surface area contributed by atoms with Crippen LogP contribution in [0, 0.1) is 0 Å². The summed E-state index contributed by atoms with van der Waals surface area (Å²) in [6, 6.07) is 0. The number of rotatable bonds is 1. The largest absolute Gasteiger partial charge is 0.499 e. The molecule has 1 heterocycles. The van der Waals surface area contributed by atoms with Gasteiger partial charge in [-0.15, -0.1) is 0 Å². The van der Waals surface area contributed by atoms with Crippen LogP contribution in [0.2, 0.25) is 0 Å². The van der Waals surface area contributed by atoms with Gasteiger partial charge in [0.15, 0.2) is 0 Å². The Labute approximate surface area is 48.1 Å². The minimum atomic E-state index is 0.795. The second-order valence-electron chi connectivity index (χ2n) is 1.38. The maximum Gasteiger partial charge on any atom is 0.103 e. The van der Waals surface area contributed by atoms with Crippen LogP contribution in [0.4, 0.5) is 0 Å². The molecule has 0 aromatic carbocycles. The van der Waals surface area contributed by atoms with Crippen LogP contribution in [-0.4, -0.2) is 6.61 Å². The van der Waals surface area contributed by atoms with E-state index in [4.69, 9.17) is 4.74 Å². The monoisotopic (exact) mass is 117 g/mol. The molecule has 0 radical (unpaired) electrons. The fourth-order valence-electron chi connectivity index (χ4n) is 0.470. The van der Waals surface area contributed by atoms with Crippen LogP contribution in [0.15, 0.2) is 12.0 Å². The molecule has 0 saturated carbocycles. The van der Waals surface area contributed by atoms with Gasteiger partial charge in [-0.05, 0) is 0 Å². The van der Waals surface area contributed by atoms with Gasteiger partial charge in [0, 0.05) is 6.42 Å². The molecule has 40 valence electrons. The molecule has 0 spiro atoms. The molecule has 0 atom stereocenters. The number of hydrogen-bond acceptors (Lipinski definition) is 3. The first-order chi connectivity index (χ1) is 3.43. The van der Waals surface area contributed by atoms with E-state index in [1.165, 1.54) is 0 Å². The lowest BCUT2D eigenvalue weighted by atomic mass is 10.4. The molecule has 1 N–H and O–H groups in total. The predicted octanol–water partition coefficient (Wildman–Crippen LogP) is 0.682. The minimum absolute atomic E-state index is 0.795. The van der Waals surface area contributed by atoms with Crippen LogP contribution in [0.5, 0.6) is 0 Å². The maximum absolute atomic E-state index is 4.87. The summed E-state index contributed by atoms with van der Waals surface area (Å²) in [5, 5.41) is 0. The van der Waals surface area contributed by atoms with Crippen molar-refractivity contribution in [2.45, 2.75) is 6.42 Å². The van der Waals surface area contributed by atoms with Crippen LogP contribution >= 0.6 is 12.8 Å². The fourth-order valence-corrected chi connectivity index (χ4v) is 0.634.